The van der Waals surface area contributed by atoms with Crippen molar-refractivity contribution in [3.8, 4) is 0 Å². The minimum atomic E-state index is -1.62. The average molecular weight is 411 g/mol. The molecule has 1 atom stereocenters. The summed E-state index contributed by atoms with van der Waals surface area (Å²) in [5.41, 5.74) is 0.648. The lowest BCUT2D eigenvalue weighted by Gasteiger charge is -2.13. The normalized spacial score (nSPS) is 12.4. The number of thiophene rings is 1. The number of aromatic nitrogens is 2. The minimum Gasteiger partial charge on any atom is -0.323 e. The van der Waals surface area contributed by atoms with E-state index >= 15 is 0 Å². The lowest BCUT2D eigenvalue weighted by Crippen LogP contribution is -2.23. The highest BCUT2D eigenvalue weighted by Gasteiger charge is 2.22. The van der Waals surface area contributed by atoms with Crippen LogP contribution in [0.25, 0.3) is 10.2 Å². The Morgan fingerprint density at radius 2 is 1.85 bits per heavy atom. The number of fused-ring (bicyclic) bond motifs is 1. The highest BCUT2D eigenvalue weighted by Crippen LogP contribution is 2.36. The molecular weight excluding hydrogens is 395 g/mol. The number of hydrogen-bond acceptors (Lipinski definition) is 5. The highest BCUT2D eigenvalue weighted by molar-refractivity contribution is 8.00. The van der Waals surface area contributed by atoms with E-state index in [9.17, 15) is 18.0 Å². The number of halogens is 3. The molecular formula is C18H16F3N3OS2. The van der Waals surface area contributed by atoms with Crippen LogP contribution in [-0.2, 0) is 4.79 Å². The topological polar surface area (TPSA) is 54.9 Å². The van der Waals surface area contributed by atoms with Crippen LogP contribution in [0.15, 0.2) is 17.2 Å². The van der Waals surface area contributed by atoms with Crippen LogP contribution in [0.5, 0.6) is 0 Å². The van der Waals surface area contributed by atoms with Crippen LogP contribution in [0.3, 0.4) is 0 Å². The highest BCUT2D eigenvalue weighted by atomic mass is 32.2. The van der Waals surface area contributed by atoms with Gasteiger partial charge in [0.1, 0.15) is 15.7 Å². The van der Waals surface area contributed by atoms with Gasteiger partial charge in [-0.3, -0.25) is 4.79 Å². The Bertz CT molecular complexity index is 1050. The first-order chi connectivity index (χ1) is 12.7. The quantitative estimate of drug-likeness (QED) is 0.366. The third-order valence-corrected chi connectivity index (χ3v) is 6.25. The second-order valence-corrected chi connectivity index (χ2v) is 8.54. The maximum Gasteiger partial charge on any atom is 0.237 e. The Morgan fingerprint density at radius 1 is 1.15 bits per heavy atom. The predicted molar refractivity (Wildman–Crippen MR) is 102 cm³/mol. The third kappa shape index (κ3) is 3.79. The van der Waals surface area contributed by atoms with Crippen LogP contribution >= 0.6 is 23.1 Å². The zero-order valence-corrected chi connectivity index (χ0v) is 16.6. The number of nitrogens with one attached hydrogen (secondary N) is 1. The largest absolute Gasteiger partial charge is 0.323 e. The first-order valence-electron chi connectivity index (χ1n) is 8.04. The zero-order valence-electron chi connectivity index (χ0n) is 15.0. The van der Waals surface area contributed by atoms with Crippen molar-refractivity contribution < 1.29 is 18.0 Å². The summed E-state index contributed by atoms with van der Waals surface area (Å²) in [5, 5.41) is 3.21. The summed E-state index contributed by atoms with van der Waals surface area (Å²) in [6.07, 6.45) is 0. The van der Waals surface area contributed by atoms with Gasteiger partial charge in [-0.1, -0.05) is 11.8 Å². The number of carbonyl (C=O) groups excluding carboxylic acids is 1. The van der Waals surface area contributed by atoms with Crippen LogP contribution < -0.4 is 5.32 Å². The van der Waals surface area contributed by atoms with E-state index in [0.717, 1.165) is 32.8 Å². The van der Waals surface area contributed by atoms with E-state index < -0.39 is 34.3 Å². The molecule has 27 heavy (non-hydrogen) atoms. The van der Waals surface area contributed by atoms with Crippen LogP contribution in [0.1, 0.15) is 23.2 Å². The second-order valence-electron chi connectivity index (χ2n) is 6.01. The third-order valence-electron chi connectivity index (χ3n) is 4.06. The summed E-state index contributed by atoms with van der Waals surface area (Å²) >= 11 is 2.77. The number of aryl methyl sites for hydroxylation is 3. The number of anilines is 1. The molecule has 0 aliphatic carbocycles. The van der Waals surface area contributed by atoms with Crippen molar-refractivity contribution in [2.24, 2.45) is 0 Å². The molecule has 4 nitrogen and oxygen atoms in total. The Labute approximate surface area is 162 Å². The molecule has 0 spiro atoms. The van der Waals surface area contributed by atoms with Gasteiger partial charge in [-0.25, -0.2) is 23.1 Å². The molecule has 0 saturated heterocycles. The SMILES string of the molecule is Cc1nc(S[C@@H](C)C(=O)Nc2ccc(F)c(F)c2F)c2c(C)c(C)sc2n1. The van der Waals surface area contributed by atoms with Crippen LogP contribution in [-0.4, -0.2) is 21.1 Å². The number of benzene rings is 1. The molecule has 1 N–H and O–H groups in total. The number of rotatable bonds is 4. The molecule has 0 aliphatic rings. The van der Waals surface area contributed by atoms with E-state index in [0.29, 0.717) is 10.9 Å². The fourth-order valence-corrected chi connectivity index (χ4v) is 4.67. The van der Waals surface area contributed by atoms with Gasteiger partial charge < -0.3 is 5.32 Å². The minimum absolute atomic E-state index is 0.405. The first-order valence-corrected chi connectivity index (χ1v) is 9.74. The molecule has 3 rings (SSSR count). The van der Waals surface area contributed by atoms with Gasteiger partial charge in [0, 0.05) is 10.3 Å². The molecule has 9 heteroatoms. The number of carbonyl (C=O) groups is 1. The van der Waals surface area contributed by atoms with Crippen LogP contribution in [0.4, 0.5) is 18.9 Å². The van der Waals surface area contributed by atoms with E-state index in [-0.39, 0.29) is 0 Å². The van der Waals surface area contributed by atoms with Gasteiger partial charge in [-0.2, -0.15) is 0 Å². The van der Waals surface area contributed by atoms with E-state index in [4.69, 9.17) is 0 Å². The van der Waals surface area contributed by atoms with Crippen molar-refractivity contribution in [3.05, 3.63) is 45.8 Å². The van der Waals surface area contributed by atoms with Crippen LogP contribution in [0, 0.1) is 38.2 Å². The molecule has 1 aromatic carbocycles. The lowest BCUT2D eigenvalue weighted by molar-refractivity contribution is -0.115. The van der Waals surface area contributed by atoms with E-state index in [1.807, 2.05) is 13.8 Å². The van der Waals surface area contributed by atoms with Crippen molar-refractivity contribution >= 4 is 44.9 Å². The van der Waals surface area contributed by atoms with E-state index in [1.54, 1.807) is 25.2 Å². The fraction of sp³-hybridized carbons (Fsp3) is 0.278. The van der Waals surface area contributed by atoms with Gasteiger partial charge in [0.2, 0.25) is 5.91 Å². The van der Waals surface area contributed by atoms with E-state index in [2.05, 4.69) is 15.3 Å². The number of amides is 1. The van der Waals surface area contributed by atoms with Crippen molar-refractivity contribution in [2.75, 3.05) is 5.32 Å². The monoisotopic (exact) mass is 411 g/mol. The number of thioether (sulfide) groups is 1. The van der Waals surface area contributed by atoms with Crippen molar-refractivity contribution in [1.82, 2.24) is 9.97 Å². The van der Waals surface area contributed by atoms with E-state index in [1.165, 1.54) is 11.8 Å². The van der Waals surface area contributed by atoms with Crippen molar-refractivity contribution in [3.63, 3.8) is 0 Å². The summed E-state index contributed by atoms with van der Waals surface area (Å²) in [4.78, 5) is 23.3. The number of nitrogens with zero attached hydrogens (tertiary/aromatic N) is 2. The summed E-state index contributed by atoms with van der Waals surface area (Å²) < 4.78 is 40.1. The van der Waals surface area contributed by atoms with Crippen LogP contribution in [0.2, 0.25) is 0 Å². The smallest absolute Gasteiger partial charge is 0.237 e. The van der Waals surface area contributed by atoms with Gasteiger partial charge in [-0.15, -0.1) is 11.3 Å². The summed E-state index contributed by atoms with van der Waals surface area (Å²) in [5.74, 6) is -4.31. The average Bonchev–Trinajstić information content (AvgIpc) is 2.89. The van der Waals surface area contributed by atoms with Crippen molar-refractivity contribution in [2.45, 2.75) is 38.0 Å². The second kappa shape index (κ2) is 7.47. The molecule has 0 saturated carbocycles. The maximum atomic E-state index is 13.8. The lowest BCUT2D eigenvalue weighted by atomic mass is 10.2. The predicted octanol–water partition coefficient (Wildman–Crippen LogP) is 5.15. The van der Waals surface area contributed by atoms with Gasteiger partial charge in [-0.05, 0) is 45.4 Å². The Balaban J connectivity index is 1.85. The maximum absolute atomic E-state index is 13.8. The Hall–Kier alpha value is -2.13. The first kappa shape index (κ1) is 19.6. The van der Waals surface area contributed by atoms with Crippen molar-refractivity contribution in [1.29, 1.82) is 0 Å². The molecule has 0 fully saturated rings. The van der Waals surface area contributed by atoms with Gasteiger partial charge >= 0.3 is 0 Å². The fourth-order valence-electron chi connectivity index (χ4n) is 2.48. The van der Waals surface area contributed by atoms with Gasteiger partial charge in [0.05, 0.1) is 10.9 Å². The van der Waals surface area contributed by atoms with Gasteiger partial charge in [0.15, 0.2) is 17.5 Å². The summed E-state index contributed by atoms with van der Waals surface area (Å²) in [7, 11) is 0. The summed E-state index contributed by atoms with van der Waals surface area (Å²) in [6.45, 7) is 7.37. The molecule has 3 aromatic rings. The number of hydrogen-bond donors (Lipinski definition) is 1. The molecule has 0 radical (unpaired) electrons. The standard InChI is InChI=1S/C18H16F3N3OS2/c1-7-8(2)26-17-13(7)18(23-10(4)22-17)27-9(3)16(25)24-12-6-5-11(19)14(20)15(12)21/h5-6,9H,1-4H3,(H,24,25)/t9-/m0/s1. The molecule has 1 amide bonds. The summed E-state index contributed by atoms with van der Waals surface area (Å²) in [6, 6.07) is 1.75. The Morgan fingerprint density at radius 3 is 2.56 bits per heavy atom. The van der Waals surface area contributed by atoms with Gasteiger partial charge in [0.25, 0.3) is 0 Å². The molecule has 142 valence electrons. The Kier molecular flexibility index (Phi) is 5.43. The molecule has 0 bridgehead atoms. The zero-order chi connectivity index (χ0) is 19.9. The molecule has 0 unspecified atom stereocenters. The molecule has 2 aromatic heterocycles. The molecule has 0 aliphatic heterocycles. The molecule has 2 heterocycles.